The van der Waals surface area contributed by atoms with E-state index in [-0.39, 0.29) is 16.5 Å². The molecule has 5 N–H and O–H groups in total. The topological polar surface area (TPSA) is 141 Å². The number of aromatic amines is 1. The van der Waals surface area contributed by atoms with Crippen LogP contribution in [0.25, 0.3) is 10.9 Å². The monoisotopic (exact) mass is 374 g/mol. The molecule has 0 saturated carbocycles. The van der Waals surface area contributed by atoms with Crippen molar-refractivity contribution in [3.8, 4) is 5.88 Å². The molecule has 2 aromatic carbocycles. The Balaban J connectivity index is 2.00. The highest BCUT2D eigenvalue weighted by atomic mass is 32.2. The smallest absolute Gasteiger partial charge is 0.238 e. The number of primary sulfonamides is 1. The van der Waals surface area contributed by atoms with Crippen LogP contribution >= 0.6 is 0 Å². The quantitative estimate of drug-likeness (QED) is 0.520. The maximum Gasteiger partial charge on any atom is 0.238 e. The fourth-order valence-corrected chi connectivity index (χ4v) is 2.97. The molecule has 1 heterocycles. The van der Waals surface area contributed by atoms with Gasteiger partial charge in [-0.05, 0) is 55.8 Å². The number of aliphatic hydroxyl groups is 1. The minimum atomic E-state index is -3.77. The van der Waals surface area contributed by atoms with Gasteiger partial charge in [0.2, 0.25) is 15.9 Å². The van der Waals surface area contributed by atoms with Crippen LogP contribution in [0, 0.1) is 0 Å². The molecular weight excluding hydrogens is 356 g/mol. The largest absolute Gasteiger partial charge is 0.493 e. The van der Waals surface area contributed by atoms with Gasteiger partial charge in [0, 0.05) is 5.39 Å². The van der Waals surface area contributed by atoms with Crippen LogP contribution in [0.2, 0.25) is 0 Å². The fraction of sp³-hybridized carbons (Fsp3) is 0.176. The van der Waals surface area contributed by atoms with Gasteiger partial charge in [-0.3, -0.25) is 0 Å². The van der Waals surface area contributed by atoms with Gasteiger partial charge in [0.05, 0.1) is 21.7 Å². The number of aromatic hydroxyl groups is 1. The van der Waals surface area contributed by atoms with Gasteiger partial charge in [-0.2, -0.15) is 5.11 Å². The lowest BCUT2D eigenvalue weighted by atomic mass is 9.97. The van der Waals surface area contributed by atoms with E-state index in [0.717, 1.165) is 0 Å². The second-order valence-electron chi connectivity index (χ2n) is 6.38. The average molecular weight is 374 g/mol. The normalized spacial score (nSPS) is 12.9. The Kier molecular flexibility index (Phi) is 4.31. The van der Waals surface area contributed by atoms with E-state index in [2.05, 4.69) is 15.2 Å². The molecule has 0 aliphatic carbocycles. The van der Waals surface area contributed by atoms with Crippen LogP contribution in [-0.2, 0) is 15.6 Å². The summed E-state index contributed by atoms with van der Waals surface area (Å²) >= 11 is 0. The van der Waals surface area contributed by atoms with Crippen molar-refractivity contribution in [1.82, 2.24) is 4.98 Å². The molecule has 0 spiro atoms. The number of hydrogen-bond acceptors (Lipinski definition) is 6. The lowest BCUT2D eigenvalue weighted by Gasteiger charge is -2.17. The van der Waals surface area contributed by atoms with Crippen molar-refractivity contribution in [2.24, 2.45) is 15.4 Å². The molecule has 26 heavy (non-hydrogen) atoms. The molecule has 0 atom stereocenters. The van der Waals surface area contributed by atoms with Crippen LogP contribution in [0.15, 0.2) is 57.6 Å². The molecule has 0 aliphatic rings. The zero-order valence-electron chi connectivity index (χ0n) is 14.1. The fourth-order valence-electron chi connectivity index (χ4n) is 2.46. The van der Waals surface area contributed by atoms with Crippen molar-refractivity contribution < 1.29 is 18.6 Å². The number of rotatable bonds is 4. The first-order chi connectivity index (χ1) is 12.1. The van der Waals surface area contributed by atoms with Crippen LogP contribution in [0.1, 0.15) is 19.4 Å². The van der Waals surface area contributed by atoms with E-state index in [0.29, 0.717) is 22.2 Å². The molecular formula is C17H18N4O4S. The highest BCUT2D eigenvalue weighted by molar-refractivity contribution is 7.89. The minimum absolute atomic E-state index is 0.0267. The lowest BCUT2D eigenvalue weighted by molar-refractivity contribution is 0.0787. The van der Waals surface area contributed by atoms with Gasteiger partial charge in [0.15, 0.2) is 5.69 Å². The number of nitrogens with one attached hydrogen (secondary N) is 1. The first-order valence-electron chi connectivity index (χ1n) is 7.68. The van der Waals surface area contributed by atoms with Gasteiger partial charge in [-0.1, -0.05) is 6.07 Å². The zero-order chi connectivity index (χ0) is 19.1. The molecule has 0 saturated heterocycles. The van der Waals surface area contributed by atoms with Gasteiger partial charge < -0.3 is 15.2 Å². The third kappa shape index (κ3) is 3.59. The number of benzene rings is 2. The number of nitrogens with two attached hydrogens (primary N) is 1. The van der Waals surface area contributed by atoms with E-state index >= 15 is 0 Å². The summed E-state index contributed by atoms with van der Waals surface area (Å²) in [6, 6.07) is 10.8. The molecule has 0 amide bonds. The summed E-state index contributed by atoms with van der Waals surface area (Å²) in [5.41, 5.74) is 0.886. The van der Waals surface area contributed by atoms with Gasteiger partial charge in [0.1, 0.15) is 0 Å². The number of fused-ring (bicyclic) bond motifs is 1. The maximum atomic E-state index is 11.3. The first-order valence-corrected chi connectivity index (χ1v) is 9.22. The molecule has 1 aromatic heterocycles. The van der Waals surface area contributed by atoms with Crippen molar-refractivity contribution in [1.29, 1.82) is 0 Å². The van der Waals surface area contributed by atoms with Gasteiger partial charge in [0.25, 0.3) is 0 Å². The molecule has 3 rings (SSSR count). The minimum Gasteiger partial charge on any atom is -0.493 e. The van der Waals surface area contributed by atoms with Crippen LogP contribution in [0.3, 0.4) is 0 Å². The van der Waals surface area contributed by atoms with Crippen molar-refractivity contribution in [3.05, 3.63) is 48.0 Å². The summed E-state index contributed by atoms with van der Waals surface area (Å²) in [6.45, 7) is 3.32. The molecule has 0 bridgehead atoms. The maximum absolute atomic E-state index is 11.3. The Morgan fingerprint density at radius 3 is 2.31 bits per heavy atom. The first kappa shape index (κ1) is 18.1. The van der Waals surface area contributed by atoms with Crippen LogP contribution in [0.5, 0.6) is 5.88 Å². The van der Waals surface area contributed by atoms with E-state index in [1.54, 1.807) is 32.0 Å². The summed E-state index contributed by atoms with van der Waals surface area (Å²) in [6.07, 6.45) is 0. The molecule has 0 radical (unpaired) electrons. The number of hydrogen-bond donors (Lipinski definition) is 4. The number of sulfonamides is 1. The predicted molar refractivity (Wildman–Crippen MR) is 97.2 cm³/mol. The van der Waals surface area contributed by atoms with Crippen molar-refractivity contribution in [2.75, 3.05) is 0 Å². The second kappa shape index (κ2) is 6.20. The predicted octanol–water partition coefficient (Wildman–Crippen LogP) is 3.16. The molecule has 3 aromatic rings. The van der Waals surface area contributed by atoms with Crippen molar-refractivity contribution in [2.45, 2.75) is 24.3 Å². The Bertz CT molecular complexity index is 1090. The summed E-state index contributed by atoms with van der Waals surface area (Å²) in [7, 11) is -3.77. The number of azo groups is 1. The van der Waals surface area contributed by atoms with Crippen LogP contribution < -0.4 is 5.14 Å². The van der Waals surface area contributed by atoms with Crippen LogP contribution in [0.4, 0.5) is 11.4 Å². The number of aromatic nitrogens is 1. The Labute approximate surface area is 150 Å². The highest BCUT2D eigenvalue weighted by Crippen LogP contribution is 2.38. The number of nitrogens with zero attached hydrogens (tertiary/aromatic N) is 2. The van der Waals surface area contributed by atoms with Crippen molar-refractivity contribution >= 4 is 32.3 Å². The van der Waals surface area contributed by atoms with E-state index in [1.165, 1.54) is 24.3 Å². The zero-order valence-corrected chi connectivity index (χ0v) is 14.9. The Morgan fingerprint density at radius 2 is 1.73 bits per heavy atom. The average Bonchev–Trinajstić information content (AvgIpc) is 2.86. The Hall–Kier alpha value is -2.75. The summed E-state index contributed by atoms with van der Waals surface area (Å²) in [4.78, 5) is 2.77. The third-order valence-electron chi connectivity index (χ3n) is 3.89. The molecule has 136 valence electrons. The Morgan fingerprint density at radius 1 is 1.08 bits per heavy atom. The highest BCUT2D eigenvalue weighted by Gasteiger charge is 2.19. The molecule has 0 fully saturated rings. The summed E-state index contributed by atoms with van der Waals surface area (Å²) in [5, 5.41) is 34.0. The van der Waals surface area contributed by atoms with Gasteiger partial charge >= 0.3 is 0 Å². The summed E-state index contributed by atoms with van der Waals surface area (Å²) < 4.78 is 22.5. The number of H-pyrrole nitrogens is 1. The van der Waals surface area contributed by atoms with Gasteiger partial charge in [-0.15, -0.1) is 5.11 Å². The molecule has 9 heteroatoms. The third-order valence-corrected chi connectivity index (χ3v) is 4.82. The van der Waals surface area contributed by atoms with Crippen molar-refractivity contribution in [3.63, 3.8) is 0 Å². The summed E-state index contributed by atoms with van der Waals surface area (Å²) in [5.74, 6) is -0.155. The lowest BCUT2D eigenvalue weighted by Crippen LogP contribution is -2.14. The van der Waals surface area contributed by atoms with Crippen LogP contribution in [-0.4, -0.2) is 23.6 Å². The van der Waals surface area contributed by atoms with E-state index in [4.69, 9.17) is 5.14 Å². The standard InChI is InChI=1S/C17H18N4O4S/c1-17(2,23)10-3-8-14-13(9-10)15(16(22)19-14)21-20-11-4-6-12(7-5-11)26(18,24)25/h3-9,19,22-23H,1-2H3,(H2,18,24,25). The van der Waals surface area contributed by atoms with Gasteiger partial charge in [-0.25, -0.2) is 13.6 Å². The van der Waals surface area contributed by atoms with E-state index in [1.807, 2.05) is 0 Å². The molecule has 0 aliphatic heterocycles. The van der Waals surface area contributed by atoms with E-state index in [9.17, 15) is 18.6 Å². The molecule has 8 nitrogen and oxygen atoms in total. The second-order valence-corrected chi connectivity index (χ2v) is 7.94. The van der Waals surface area contributed by atoms with E-state index < -0.39 is 15.6 Å². The SMILES string of the molecule is CC(C)(O)c1ccc2[nH]c(O)c(N=Nc3ccc(S(N)(=O)=O)cc3)c2c1. The molecule has 0 unspecified atom stereocenters.